The lowest BCUT2D eigenvalue weighted by atomic mass is 9.98. The van der Waals surface area contributed by atoms with Gasteiger partial charge in [-0.2, -0.15) is 0 Å². The Kier molecular flexibility index (Phi) is 6.45. The summed E-state index contributed by atoms with van der Waals surface area (Å²) in [6.45, 7) is 0.956. The minimum Gasteiger partial charge on any atom is -0.497 e. The first kappa shape index (κ1) is 21.8. The zero-order chi connectivity index (χ0) is 23.2. The maximum Gasteiger partial charge on any atom is 0.282 e. The van der Waals surface area contributed by atoms with Crippen LogP contribution in [0.25, 0.3) is 11.1 Å². The number of methoxy groups -OCH3 is 1. The van der Waals surface area contributed by atoms with Crippen LogP contribution < -0.4 is 10.1 Å². The summed E-state index contributed by atoms with van der Waals surface area (Å²) in [7, 11) is 1.44. The first-order valence-electron chi connectivity index (χ1n) is 10.3. The summed E-state index contributed by atoms with van der Waals surface area (Å²) in [6.07, 6.45) is 5.44. The van der Waals surface area contributed by atoms with Crippen LogP contribution in [0.2, 0.25) is 0 Å². The first-order chi connectivity index (χ1) is 16.0. The largest absolute Gasteiger partial charge is 0.497 e. The summed E-state index contributed by atoms with van der Waals surface area (Å²) in [4.78, 5) is 27.6. The number of amides is 1. The molecule has 0 atom stereocenters. The highest BCUT2D eigenvalue weighted by atomic mass is 16.6. The van der Waals surface area contributed by atoms with E-state index in [-0.39, 0.29) is 17.8 Å². The molecule has 1 N–H and O–H groups in total. The molecule has 4 rings (SSSR count). The average Bonchev–Trinajstić information content (AvgIpc) is 3.36. The van der Waals surface area contributed by atoms with Gasteiger partial charge in [0.05, 0.1) is 18.4 Å². The molecule has 4 aromatic rings. The van der Waals surface area contributed by atoms with Crippen LogP contribution in [0.1, 0.15) is 21.5 Å². The molecule has 0 unspecified atom stereocenters. The Morgan fingerprint density at radius 2 is 1.91 bits per heavy atom. The van der Waals surface area contributed by atoms with Crippen LogP contribution in [0.3, 0.4) is 0 Å². The van der Waals surface area contributed by atoms with Gasteiger partial charge in [-0.3, -0.25) is 14.9 Å². The smallest absolute Gasteiger partial charge is 0.282 e. The molecule has 166 valence electrons. The number of carbonyl (C=O) groups excluding carboxylic acids is 1. The van der Waals surface area contributed by atoms with Crippen LogP contribution in [0, 0.1) is 10.1 Å². The van der Waals surface area contributed by atoms with E-state index in [2.05, 4.69) is 22.4 Å². The predicted molar refractivity (Wildman–Crippen MR) is 124 cm³/mol. The van der Waals surface area contributed by atoms with Gasteiger partial charge in [0.1, 0.15) is 11.3 Å². The number of hydrogen-bond donors (Lipinski definition) is 1. The molecule has 0 spiro atoms. The van der Waals surface area contributed by atoms with E-state index in [1.165, 1.54) is 25.3 Å². The highest BCUT2D eigenvalue weighted by molar-refractivity contribution is 5.98. The van der Waals surface area contributed by atoms with Crippen LogP contribution in [0.5, 0.6) is 5.75 Å². The number of ether oxygens (including phenoxy) is 1. The van der Waals surface area contributed by atoms with Crippen LogP contribution in [-0.4, -0.2) is 27.5 Å². The lowest BCUT2D eigenvalue weighted by Crippen LogP contribution is -2.24. The Bertz CT molecular complexity index is 1270. The highest BCUT2D eigenvalue weighted by Gasteiger charge is 2.21. The number of imidazole rings is 1. The van der Waals surface area contributed by atoms with E-state index in [4.69, 9.17) is 4.74 Å². The second-order valence-electron chi connectivity index (χ2n) is 7.41. The number of carbonyl (C=O) groups is 1. The third-order valence-corrected chi connectivity index (χ3v) is 5.29. The van der Waals surface area contributed by atoms with Crippen molar-refractivity contribution in [2.75, 3.05) is 7.11 Å². The third kappa shape index (κ3) is 5.07. The molecule has 1 amide bonds. The van der Waals surface area contributed by atoms with Crippen LogP contribution >= 0.6 is 0 Å². The monoisotopic (exact) mass is 442 g/mol. The molecule has 33 heavy (non-hydrogen) atoms. The minimum absolute atomic E-state index is 0.0410. The van der Waals surface area contributed by atoms with Crippen LogP contribution in [0.15, 0.2) is 85.5 Å². The molecule has 0 aliphatic heterocycles. The van der Waals surface area contributed by atoms with Crippen molar-refractivity contribution in [3.8, 4) is 16.9 Å². The fourth-order valence-corrected chi connectivity index (χ4v) is 3.59. The third-order valence-electron chi connectivity index (χ3n) is 5.29. The van der Waals surface area contributed by atoms with Crippen molar-refractivity contribution >= 4 is 11.6 Å². The van der Waals surface area contributed by atoms with Gasteiger partial charge in [0.2, 0.25) is 0 Å². The number of nitrogens with one attached hydrogen (secondary N) is 1. The number of nitro benzene ring substituents is 1. The van der Waals surface area contributed by atoms with Gasteiger partial charge in [-0.05, 0) is 34.4 Å². The van der Waals surface area contributed by atoms with E-state index in [0.717, 1.165) is 28.8 Å². The van der Waals surface area contributed by atoms with E-state index in [1.54, 1.807) is 12.5 Å². The van der Waals surface area contributed by atoms with E-state index < -0.39 is 10.8 Å². The summed E-state index contributed by atoms with van der Waals surface area (Å²) < 4.78 is 7.11. The Balaban J connectivity index is 1.52. The zero-order valence-corrected chi connectivity index (χ0v) is 18.0. The normalized spacial score (nSPS) is 10.6. The van der Waals surface area contributed by atoms with Gasteiger partial charge in [0.15, 0.2) is 0 Å². The van der Waals surface area contributed by atoms with E-state index >= 15 is 0 Å². The van der Waals surface area contributed by atoms with Crippen molar-refractivity contribution in [1.82, 2.24) is 14.9 Å². The second-order valence-corrected chi connectivity index (χ2v) is 7.41. The molecule has 0 bridgehead atoms. The second kappa shape index (κ2) is 9.78. The van der Waals surface area contributed by atoms with E-state index in [1.807, 2.05) is 47.2 Å². The topological polar surface area (TPSA) is 99.3 Å². The molecule has 1 heterocycles. The summed E-state index contributed by atoms with van der Waals surface area (Å²) in [5, 5.41) is 14.2. The Hall–Kier alpha value is -4.46. The number of nitro groups is 1. The van der Waals surface area contributed by atoms with Gasteiger partial charge in [-0.15, -0.1) is 0 Å². The fraction of sp³-hybridized carbons (Fsp3) is 0.120. The summed E-state index contributed by atoms with van der Waals surface area (Å²) in [5.41, 5.74) is 3.73. The molecular formula is C25H22N4O4. The quantitative estimate of drug-likeness (QED) is 0.321. The molecular weight excluding hydrogens is 420 g/mol. The minimum atomic E-state index is -0.576. The number of nitrogens with zero attached hydrogens (tertiary/aromatic N) is 3. The predicted octanol–water partition coefficient (Wildman–Crippen LogP) is 4.45. The number of aromatic nitrogens is 2. The zero-order valence-electron chi connectivity index (χ0n) is 18.0. The fourth-order valence-electron chi connectivity index (χ4n) is 3.59. The highest BCUT2D eigenvalue weighted by Crippen LogP contribution is 2.26. The number of hydrogen-bond acceptors (Lipinski definition) is 5. The van der Waals surface area contributed by atoms with Gasteiger partial charge in [0.25, 0.3) is 11.6 Å². The van der Waals surface area contributed by atoms with E-state index in [9.17, 15) is 14.9 Å². The standard InChI is InChI=1S/C25H22N4O4/c1-33-21-10-11-24(29(31)32)23(14-21)25(30)27-15-20-4-2-3-5-22(20)19-8-6-18(7-9-19)16-28-13-12-26-17-28/h2-14,17H,15-16H2,1H3,(H,27,30). The number of rotatable bonds is 8. The molecule has 8 nitrogen and oxygen atoms in total. The summed E-state index contributed by atoms with van der Waals surface area (Å²) in [5.74, 6) is -0.159. The van der Waals surface area contributed by atoms with E-state index in [0.29, 0.717) is 5.75 Å². The van der Waals surface area contributed by atoms with Gasteiger partial charge in [0, 0.05) is 31.5 Å². The molecule has 8 heteroatoms. The average molecular weight is 442 g/mol. The molecule has 0 saturated heterocycles. The maximum absolute atomic E-state index is 12.8. The van der Waals surface area contributed by atoms with Gasteiger partial charge < -0.3 is 14.6 Å². The SMILES string of the molecule is COc1ccc([N+](=O)[O-])c(C(=O)NCc2ccccc2-c2ccc(Cn3ccnc3)cc2)c1. The summed E-state index contributed by atoms with van der Waals surface area (Å²) >= 11 is 0. The van der Waals surface area contributed by atoms with Crippen molar-refractivity contribution in [2.45, 2.75) is 13.1 Å². The number of benzene rings is 3. The Labute approximate surface area is 190 Å². The lowest BCUT2D eigenvalue weighted by Gasteiger charge is -2.12. The first-order valence-corrected chi connectivity index (χ1v) is 10.3. The van der Waals surface area contributed by atoms with Crippen LogP contribution in [0.4, 0.5) is 5.69 Å². The molecule has 0 fully saturated rings. The van der Waals surface area contributed by atoms with Crippen molar-refractivity contribution in [3.05, 3.63) is 112 Å². The van der Waals surface area contributed by atoms with Gasteiger partial charge >= 0.3 is 0 Å². The maximum atomic E-state index is 12.8. The summed E-state index contributed by atoms with van der Waals surface area (Å²) in [6, 6.07) is 20.1. The lowest BCUT2D eigenvalue weighted by molar-refractivity contribution is -0.385. The van der Waals surface area contributed by atoms with Crippen molar-refractivity contribution in [2.24, 2.45) is 0 Å². The molecule has 3 aromatic carbocycles. The van der Waals surface area contributed by atoms with Gasteiger partial charge in [-0.25, -0.2) is 4.98 Å². The van der Waals surface area contributed by atoms with Crippen molar-refractivity contribution < 1.29 is 14.5 Å². The molecule has 0 aliphatic carbocycles. The molecule has 0 saturated carbocycles. The van der Waals surface area contributed by atoms with Crippen LogP contribution in [-0.2, 0) is 13.1 Å². The molecule has 0 aliphatic rings. The molecule has 1 aromatic heterocycles. The Morgan fingerprint density at radius 1 is 1.12 bits per heavy atom. The van der Waals surface area contributed by atoms with Gasteiger partial charge in [-0.1, -0.05) is 48.5 Å². The van der Waals surface area contributed by atoms with Crippen molar-refractivity contribution in [3.63, 3.8) is 0 Å². The Morgan fingerprint density at radius 3 is 2.61 bits per heavy atom. The molecule has 0 radical (unpaired) electrons. The van der Waals surface area contributed by atoms with Crippen molar-refractivity contribution in [1.29, 1.82) is 0 Å².